The monoisotopic (exact) mass is 257 g/mol. The van der Waals surface area contributed by atoms with Crippen LogP contribution < -0.4 is 4.72 Å². The van der Waals surface area contributed by atoms with Crippen LogP contribution in [0.4, 0.5) is 0 Å². The number of alkyl halides is 1. The Morgan fingerprint density at radius 2 is 1.92 bits per heavy atom. The summed E-state index contributed by atoms with van der Waals surface area (Å²) in [7, 11) is -3.03. The molecule has 3 nitrogen and oxygen atoms in total. The van der Waals surface area contributed by atoms with Gasteiger partial charge in [0.25, 0.3) is 0 Å². The molecule has 12 heavy (non-hydrogen) atoms. The summed E-state index contributed by atoms with van der Waals surface area (Å²) in [6, 6.07) is 0. The van der Waals surface area contributed by atoms with E-state index < -0.39 is 10.0 Å². The molecule has 0 aromatic heterocycles. The Morgan fingerprint density at radius 3 is 2.25 bits per heavy atom. The number of sulfonamides is 1. The van der Waals surface area contributed by atoms with Crippen molar-refractivity contribution in [3.8, 4) is 0 Å². The van der Waals surface area contributed by atoms with Crippen LogP contribution in [-0.4, -0.2) is 26.0 Å². The van der Waals surface area contributed by atoms with E-state index in [1.807, 2.05) is 13.8 Å². The van der Waals surface area contributed by atoms with Gasteiger partial charge < -0.3 is 0 Å². The van der Waals surface area contributed by atoms with Crippen molar-refractivity contribution in [1.82, 2.24) is 4.72 Å². The Morgan fingerprint density at radius 1 is 1.42 bits per heavy atom. The van der Waals surface area contributed by atoms with Crippen LogP contribution in [0.3, 0.4) is 0 Å². The second kappa shape index (κ2) is 4.58. The quantitative estimate of drug-likeness (QED) is 0.756. The van der Waals surface area contributed by atoms with Gasteiger partial charge in [0.15, 0.2) is 0 Å². The van der Waals surface area contributed by atoms with E-state index in [0.29, 0.717) is 6.54 Å². The third kappa shape index (κ3) is 5.11. The molecule has 0 bridgehead atoms. The highest BCUT2D eigenvalue weighted by atomic mass is 79.9. The maximum absolute atomic E-state index is 11.0. The van der Waals surface area contributed by atoms with Crippen molar-refractivity contribution in [1.29, 1.82) is 0 Å². The SMILES string of the molecule is CCS(=O)(=O)NCC(C)(C)CBr. The predicted octanol–water partition coefficient (Wildman–Crippen LogP) is 1.35. The van der Waals surface area contributed by atoms with Crippen LogP contribution in [0.1, 0.15) is 20.8 Å². The smallest absolute Gasteiger partial charge is 0.211 e. The third-order valence-corrected chi connectivity index (χ3v) is 4.37. The number of hydrogen-bond acceptors (Lipinski definition) is 2. The highest BCUT2D eigenvalue weighted by molar-refractivity contribution is 9.09. The van der Waals surface area contributed by atoms with Gasteiger partial charge in [-0.15, -0.1) is 0 Å². The van der Waals surface area contributed by atoms with E-state index in [1.165, 1.54) is 0 Å². The fourth-order valence-electron chi connectivity index (χ4n) is 0.455. The van der Waals surface area contributed by atoms with Gasteiger partial charge in [-0.3, -0.25) is 0 Å². The zero-order valence-electron chi connectivity index (χ0n) is 7.72. The molecule has 0 aromatic rings. The van der Waals surface area contributed by atoms with Gasteiger partial charge in [-0.05, 0) is 12.3 Å². The lowest BCUT2D eigenvalue weighted by molar-refractivity contribution is 0.420. The van der Waals surface area contributed by atoms with Crippen molar-refractivity contribution in [2.45, 2.75) is 20.8 Å². The largest absolute Gasteiger partial charge is 0.215 e. The molecule has 0 unspecified atom stereocenters. The maximum atomic E-state index is 11.0. The van der Waals surface area contributed by atoms with Gasteiger partial charge in [-0.25, -0.2) is 13.1 Å². The highest BCUT2D eigenvalue weighted by Crippen LogP contribution is 2.16. The molecule has 0 amide bonds. The average molecular weight is 258 g/mol. The van der Waals surface area contributed by atoms with Gasteiger partial charge in [0.1, 0.15) is 0 Å². The van der Waals surface area contributed by atoms with Gasteiger partial charge in [-0.2, -0.15) is 0 Å². The van der Waals surface area contributed by atoms with Crippen LogP contribution in [0.2, 0.25) is 0 Å². The van der Waals surface area contributed by atoms with Crippen molar-refractivity contribution in [2.24, 2.45) is 5.41 Å². The van der Waals surface area contributed by atoms with E-state index in [2.05, 4.69) is 20.7 Å². The van der Waals surface area contributed by atoms with E-state index in [-0.39, 0.29) is 11.2 Å². The van der Waals surface area contributed by atoms with Crippen molar-refractivity contribution in [3.63, 3.8) is 0 Å². The molecule has 5 heteroatoms. The number of rotatable bonds is 5. The molecule has 0 aliphatic carbocycles. The van der Waals surface area contributed by atoms with E-state index in [9.17, 15) is 8.42 Å². The molecule has 0 aliphatic heterocycles. The number of halogens is 1. The topological polar surface area (TPSA) is 46.2 Å². The highest BCUT2D eigenvalue weighted by Gasteiger charge is 2.18. The minimum Gasteiger partial charge on any atom is -0.215 e. The molecule has 1 N–H and O–H groups in total. The summed E-state index contributed by atoms with van der Waals surface area (Å²) < 4.78 is 24.6. The number of hydrogen-bond donors (Lipinski definition) is 1. The minimum absolute atomic E-state index is 0.0256. The van der Waals surface area contributed by atoms with E-state index in [1.54, 1.807) is 6.92 Å². The summed E-state index contributed by atoms with van der Waals surface area (Å²) in [5.74, 6) is 0.144. The summed E-state index contributed by atoms with van der Waals surface area (Å²) >= 11 is 3.33. The molecule has 0 spiro atoms. The molecule has 0 saturated carbocycles. The second-order valence-electron chi connectivity index (χ2n) is 3.52. The second-order valence-corrected chi connectivity index (χ2v) is 6.18. The zero-order chi connectivity index (χ0) is 9.83. The van der Waals surface area contributed by atoms with Crippen LogP contribution in [0.15, 0.2) is 0 Å². The molecule has 0 saturated heterocycles. The molecule has 0 radical (unpaired) electrons. The maximum Gasteiger partial charge on any atom is 0.211 e. The summed E-state index contributed by atoms with van der Waals surface area (Å²) in [6.07, 6.45) is 0. The van der Waals surface area contributed by atoms with Gasteiger partial charge >= 0.3 is 0 Å². The van der Waals surface area contributed by atoms with Gasteiger partial charge in [0.2, 0.25) is 10.0 Å². The Balaban J connectivity index is 4.00. The molecule has 0 aromatic carbocycles. The molecule has 0 aliphatic rings. The molecule has 0 atom stereocenters. The van der Waals surface area contributed by atoms with Crippen molar-refractivity contribution >= 4 is 26.0 Å². The first-order valence-electron chi connectivity index (χ1n) is 3.86. The van der Waals surface area contributed by atoms with Gasteiger partial charge in [-0.1, -0.05) is 29.8 Å². The van der Waals surface area contributed by atoms with Gasteiger partial charge in [0.05, 0.1) is 5.75 Å². The lowest BCUT2D eigenvalue weighted by Gasteiger charge is -2.21. The molecule has 0 rings (SSSR count). The van der Waals surface area contributed by atoms with Crippen molar-refractivity contribution in [3.05, 3.63) is 0 Å². The van der Waals surface area contributed by atoms with E-state index >= 15 is 0 Å². The minimum atomic E-state index is -3.03. The van der Waals surface area contributed by atoms with Crippen LogP contribution in [0.5, 0.6) is 0 Å². The van der Waals surface area contributed by atoms with E-state index in [0.717, 1.165) is 5.33 Å². The van der Waals surface area contributed by atoms with Crippen LogP contribution in [0, 0.1) is 5.41 Å². The molecular weight excluding hydrogens is 242 g/mol. The third-order valence-electron chi connectivity index (χ3n) is 1.51. The first-order valence-corrected chi connectivity index (χ1v) is 6.63. The fourth-order valence-corrected chi connectivity index (χ4v) is 1.47. The Hall–Kier alpha value is 0.390. The van der Waals surface area contributed by atoms with Crippen molar-refractivity contribution < 1.29 is 8.42 Å². The van der Waals surface area contributed by atoms with Crippen LogP contribution in [-0.2, 0) is 10.0 Å². The predicted molar refractivity (Wildman–Crippen MR) is 55.0 cm³/mol. The Bertz CT molecular complexity index is 224. The lowest BCUT2D eigenvalue weighted by atomic mass is 9.98. The van der Waals surface area contributed by atoms with Crippen LogP contribution >= 0.6 is 15.9 Å². The standard InChI is InChI=1S/C7H16BrNO2S/c1-4-12(10,11)9-6-7(2,3)5-8/h9H,4-6H2,1-3H3. The Labute approximate surface area is 83.1 Å². The molecular formula is C7H16BrNO2S. The average Bonchev–Trinajstić information content (AvgIpc) is 2.02. The van der Waals surface area contributed by atoms with Crippen molar-refractivity contribution in [2.75, 3.05) is 17.6 Å². The Kier molecular flexibility index (Phi) is 4.73. The van der Waals surface area contributed by atoms with Gasteiger partial charge in [0, 0.05) is 11.9 Å². The summed E-state index contributed by atoms with van der Waals surface area (Å²) in [5, 5.41) is 0.784. The normalized spacial score (nSPS) is 13.3. The fraction of sp³-hybridized carbons (Fsp3) is 1.00. The van der Waals surface area contributed by atoms with Crippen LogP contribution in [0.25, 0.3) is 0 Å². The first-order chi connectivity index (χ1) is 5.33. The summed E-state index contributed by atoms with van der Waals surface area (Å²) in [4.78, 5) is 0. The molecule has 0 fully saturated rings. The molecule has 74 valence electrons. The summed E-state index contributed by atoms with van der Waals surface area (Å²) in [6.45, 7) is 6.11. The number of nitrogens with one attached hydrogen (secondary N) is 1. The molecule has 0 heterocycles. The summed E-state index contributed by atoms with van der Waals surface area (Å²) in [5.41, 5.74) is -0.0256. The zero-order valence-corrected chi connectivity index (χ0v) is 10.1. The van der Waals surface area contributed by atoms with E-state index in [4.69, 9.17) is 0 Å². The lowest BCUT2D eigenvalue weighted by Crippen LogP contribution is -2.35. The first kappa shape index (κ1) is 12.4.